The van der Waals surface area contributed by atoms with Crippen molar-refractivity contribution in [3.8, 4) is 0 Å². The molecule has 3 rings (SSSR count). The molecule has 2 aromatic rings. The lowest BCUT2D eigenvalue weighted by Crippen LogP contribution is -2.22. The van der Waals surface area contributed by atoms with Crippen LogP contribution in [0.3, 0.4) is 0 Å². The number of halogens is 1. The van der Waals surface area contributed by atoms with Gasteiger partial charge in [0.25, 0.3) is 0 Å². The lowest BCUT2D eigenvalue weighted by molar-refractivity contribution is -0.146. The van der Waals surface area contributed by atoms with E-state index < -0.39 is 12.0 Å². The van der Waals surface area contributed by atoms with Gasteiger partial charge in [0.15, 0.2) is 6.04 Å². The minimum atomic E-state index is -0.707. The number of hydrogen-bond donors (Lipinski definition) is 0. The van der Waals surface area contributed by atoms with Crippen molar-refractivity contribution in [2.45, 2.75) is 12.6 Å². The zero-order valence-electron chi connectivity index (χ0n) is 11.7. The number of aliphatic imine (C=N–C) groups is 1. The number of benzene rings is 2. The quantitative estimate of drug-likeness (QED) is 0.816. The molecule has 0 N–H and O–H groups in total. The maximum absolute atomic E-state index is 13.2. The standard InChI is InChI=1S/C17H14FNO3/c18-14-8-4-7-13(9-14)16-19-15(11-21-16)17(20)22-10-12-5-2-1-3-6-12/h1-9,15H,10-11H2/t15-/m0/s1. The van der Waals surface area contributed by atoms with Crippen molar-refractivity contribution in [3.63, 3.8) is 0 Å². The molecule has 22 heavy (non-hydrogen) atoms. The van der Waals surface area contributed by atoms with Crippen LogP contribution in [0.25, 0.3) is 0 Å². The summed E-state index contributed by atoms with van der Waals surface area (Å²) in [6.45, 7) is 0.306. The van der Waals surface area contributed by atoms with E-state index in [2.05, 4.69) is 4.99 Å². The van der Waals surface area contributed by atoms with Crippen LogP contribution in [0.15, 0.2) is 59.6 Å². The molecule has 1 atom stereocenters. The van der Waals surface area contributed by atoms with Crippen LogP contribution in [-0.2, 0) is 20.9 Å². The van der Waals surface area contributed by atoms with Gasteiger partial charge in [-0.05, 0) is 23.8 Å². The van der Waals surface area contributed by atoms with Gasteiger partial charge in [0.2, 0.25) is 5.90 Å². The summed E-state index contributed by atoms with van der Waals surface area (Å²) in [5.41, 5.74) is 1.42. The Balaban J connectivity index is 1.62. The highest BCUT2D eigenvalue weighted by Gasteiger charge is 2.28. The molecule has 0 aromatic heterocycles. The monoisotopic (exact) mass is 299 g/mol. The lowest BCUT2D eigenvalue weighted by atomic mass is 10.2. The third kappa shape index (κ3) is 3.31. The van der Waals surface area contributed by atoms with Crippen LogP contribution < -0.4 is 0 Å². The molecule has 4 nitrogen and oxygen atoms in total. The molecule has 0 amide bonds. The van der Waals surface area contributed by atoms with Crippen molar-refractivity contribution in [2.24, 2.45) is 4.99 Å². The largest absolute Gasteiger partial charge is 0.475 e. The highest BCUT2D eigenvalue weighted by atomic mass is 19.1. The van der Waals surface area contributed by atoms with Crippen molar-refractivity contribution in [2.75, 3.05) is 6.61 Å². The molecule has 0 saturated heterocycles. The molecule has 1 heterocycles. The minimum absolute atomic E-state index is 0.111. The zero-order chi connectivity index (χ0) is 15.4. The Bertz CT molecular complexity index is 700. The maximum atomic E-state index is 13.2. The van der Waals surface area contributed by atoms with Crippen LogP contribution in [0.4, 0.5) is 4.39 Å². The lowest BCUT2D eigenvalue weighted by Gasteiger charge is -2.06. The zero-order valence-corrected chi connectivity index (χ0v) is 11.7. The molecular weight excluding hydrogens is 285 g/mol. The van der Waals surface area contributed by atoms with E-state index in [-0.39, 0.29) is 24.9 Å². The fourth-order valence-corrected chi connectivity index (χ4v) is 2.10. The molecular formula is C17H14FNO3. The first-order valence-electron chi connectivity index (χ1n) is 6.89. The van der Waals surface area contributed by atoms with E-state index in [1.54, 1.807) is 12.1 Å². The van der Waals surface area contributed by atoms with E-state index in [9.17, 15) is 9.18 Å². The van der Waals surface area contributed by atoms with Crippen LogP contribution in [0.1, 0.15) is 11.1 Å². The first kappa shape index (κ1) is 14.3. The highest BCUT2D eigenvalue weighted by Crippen LogP contribution is 2.15. The smallest absolute Gasteiger partial charge is 0.334 e. The van der Waals surface area contributed by atoms with E-state index in [1.165, 1.54) is 12.1 Å². The number of carbonyl (C=O) groups excluding carboxylic acids is 1. The van der Waals surface area contributed by atoms with Gasteiger partial charge in [-0.2, -0.15) is 0 Å². The van der Waals surface area contributed by atoms with Gasteiger partial charge in [0.1, 0.15) is 19.0 Å². The van der Waals surface area contributed by atoms with Crippen LogP contribution in [0.2, 0.25) is 0 Å². The molecule has 5 heteroatoms. The molecule has 0 saturated carbocycles. The van der Waals surface area contributed by atoms with Crippen LogP contribution in [-0.4, -0.2) is 24.5 Å². The first-order chi connectivity index (χ1) is 10.7. The van der Waals surface area contributed by atoms with Crippen molar-refractivity contribution in [1.29, 1.82) is 0 Å². The summed E-state index contributed by atoms with van der Waals surface area (Å²) < 4.78 is 23.8. The fraction of sp³-hybridized carbons (Fsp3) is 0.176. The molecule has 0 bridgehead atoms. The Labute approximate surface area is 127 Å². The minimum Gasteiger partial charge on any atom is -0.475 e. The van der Waals surface area contributed by atoms with Crippen molar-refractivity contribution in [1.82, 2.24) is 0 Å². The second-order valence-corrected chi connectivity index (χ2v) is 4.86. The summed E-state index contributed by atoms with van der Waals surface area (Å²) in [5, 5.41) is 0. The number of ether oxygens (including phenoxy) is 2. The second-order valence-electron chi connectivity index (χ2n) is 4.86. The van der Waals surface area contributed by atoms with E-state index in [0.717, 1.165) is 5.56 Å². The van der Waals surface area contributed by atoms with Gasteiger partial charge in [-0.25, -0.2) is 14.2 Å². The SMILES string of the molecule is O=C(OCc1ccccc1)[C@@H]1COC(c2cccc(F)c2)=N1. The number of rotatable bonds is 4. The number of nitrogens with zero attached hydrogens (tertiary/aromatic N) is 1. The predicted molar refractivity (Wildman–Crippen MR) is 78.9 cm³/mol. The molecule has 1 aliphatic rings. The average Bonchev–Trinajstić information content (AvgIpc) is 3.04. The van der Waals surface area contributed by atoms with E-state index >= 15 is 0 Å². The average molecular weight is 299 g/mol. The summed E-state index contributed by atoms with van der Waals surface area (Å²) in [6.07, 6.45) is 0. The van der Waals surface area contributed by atoms with Crippen LogP contribution in [0.5, 0.6) is 0 Å². The topological polar surface area (TPSA) is 47.9 Å². The van der Waals surface area contributed by atoms with Crippen molar-refractivity contribution < 1.29 is 18.7 Å². The van der Waals surface area contributed by atoms with E-state index in [1.807, 2.05) is 30.3 Å². The Morgan fingerprint density at radius 3 is 2.82 bits per heavy atom. The Morgan fingerprint density at radius 2 is 2.05 bits per heavy atom. The summed E-state index contributed by atoms with van der Waals surface area (Å²) in [7, 11) is 0. The molecule has 0 unspecified atom stereocenters. The Hall–Kier alpha value is -2.69. The predicted octanol–water partition coefficient (Wildman–Crippen LogP) is 2.71. The molecule has 2 aromatic carbocycles. The maximum Gasteiger partial charge on any atom is 0.334 e. The third-order valence-corrected chi connectivity index (χ3v) is 3.22. The van der Waals surface area contributed by atoms with Gasteiger partial charge in [0.05, 0.1) is 0 Å². The second kappa shape index (κ2) is 6.39. The van der Waals surface area contributed by atoms with Crippen LogP contribution in [0, 0.1) is 5.82 Å². The van der Waals surface area contributed by atoms with Gasteiger partial charge in [-0.15, -0.1) is 0 Å². The molecule has 112 valence electrons. The van der Waals surface area contributed by atoms with Crippen LogP contribution >= 0.6 is 0 Å². The molecule has 0 radical (unpaired) electrons. The summed E-state index contributed by atoms with van der Waals surface area (Å²) in [6, 6.07) is 14.6. The normalized spacial score (nSPS) is 16.8. The Morgan fingerprint density at radius 1 is 1.23 bits per heavy atom. The van der Waals surface area contributed by atoms with Crippen molar-refractivity contribution >= 4 is 11.9 Å². The number of carbonyl (C=O) groups is 1. The number of hydrogen-bond acceptors (Lipinski definition) is 4. The molecule has 0 spiro atoms. The summed E-state index contributed by atoms with van der Waals surface area (Å²) in [5.74, 6) is -0.560. The Kier molecular flexibility index (Phi) is 4.14. The van der Waals surface area contributed by atoms with Gasteiger partial charge in [-0.1, -0.05) is 36.4 Å². The summed E-state index contributed by atoms with van der Waals surface area (Å²) in [4.78, 5) is 16.1. The molecule has 1 aliphatic heterocycles. The van der Waals surface area contributed by atoms with Gasteiger partial charge < -0.3 is 9.47 Å². The fourth-order valence-electron chi connectivity index (χ4n) is 2.10. The van der Waals surface area contributed by atoms with Crippen molar-refractivity contribution in [3.05, 3.63) is 71.5 Å². The van der Waals surface area contributed by atoms with Gasteiger partial charge in [0, 0.05) is 5.56 Å². The van der Waals surface area contributed by atoms with Gasteiger partial charge in [-0.3, -0.25) is 0 Å². The van der Waals surface area contributed by atoms with Gasteiger partial charge >= 0.3 is 5.97 Å². The third-order valence-electron chi connectivity index (χ3n) is 3.22. The first-order valence-corrected chi connectivity index (χ1v) is 6.89. The molecule has 0 fully saturated rings. The van der Waals surface area contributed by atoms with E-state index in [4.69, 9.17) is 9.47 Å². The highest BCUT2D eigenvalue weighted by molar-refractivity contribution is 5.97. The summed E-state index contributed by atoms with van der Waals surface area (Å²) >= 11 is 0. The molecule has 0 aliphatic carbocycles. The number of esters is 1. The van der Waals surface area contributed by atoms with E-state index in [0.29, 0.717) is 5.56 Å².